The van der Waals surface area contributed by atoms with E-state index in [0.717, 1.165) is 6.26 Å². The first kappa shape index (κ1) is 23.3. The fraction of sp³-hybridized carbons (Fsp3) is 0.367. The minimum atomic E-state index is -3.86. The Bertz CT molecular complexity index is 1730. The van der Waals surface area contributed by atoms with Crippen LogP contribution in [-0.4, -0.2) is 42.3 Å². The fourth-order valence-corrected chi connectivity index (χ4v) is 6.48. The van der Waals surface area contributed by atoms with Gasteiger partial charge in [-0.3, -0.25) is 4.79 Å². The molecule has 9 heteroatoms. The van der Waals surface area contributed by atoms with Gasteiger partial charge in [-0.25, -0.2) is 8.42 Å². The van der Waals surface area contributed by atoms with Crippen LogP contribution in [0.15, 0.2) is 65.6 Å². The summed E-state index contributed by atoms with van der Waals surface area (Å²) in [6, 6.07) is 14.9. The van der Waals surface area contributed by atoms with Crippen LogP contribution in [0.1, 0.15) is 71.2 Å². The van der Waals surface area contributed by atoms with Crippen molar-refractivity contribution in [1.29, 1.82) is 0 Å². The molecule has 5 rings (SSSR count). The molecular weight excluding hydrogens is 557 g/mol. The Morgan fingerprint density at radius 3 is 2.23 bits per heavy atom. The van der Waals surface area contributed by atoms with Gasteiger partial charge >= 0.3 is 0 Å². The second-order valence-corrected chi connectivity index (χ2v) is 13.6. The third kappa shape index (κ3) is 5.00. The first-order valence-electron chi connectivity index (χ1n) is 14.3. The average Bonchev–Trinajstić information content (AvgIpc) is 3.68. The van der Waals surface area contributed by atoms with E-state index >= 15 is 0 Å². The summed E-state index contributed by atoms with van der Waals surface area (Å²) < 4.78 is 61.8. The Kier molecular flexibility index (Phi) is 5.73. The van der Waals surface area contributed by atoms with Gasteiger partial charge in [0, 0.05) is 37.7 Å². The normalized spacial score (nSPS) is 22.5. The topological polar surface area (TPSA) is 94.9 Å². The average molecular weight is 593 g/mol. The van der Waals surface area contributed by atoms with Gasteiger partial charge in [0.15, 0.2) is 9.84 Å². The van der Waals surface area contributed by atoms with E-state index in [1.165, 1.54) is 47.4 Å². The van der Waals surface area contributed by atoms with E-state index in [1.807, 2.05) is 0 Å². The molecule has 1 fully saturated rings. The molecule has 1 heterocycles. The number of benzene rings is 3. The standard InChI is InChI=1S/C30H31Cl2NO5S/c1-28(2,36)21-7-11-25-24(14-21)27(35)33(16-19-4-8-23(32)15-26(19)39(3,37)38)30(25,17-29(18-34)12-13-29)20-5-9-22(31)10-6-20/h4-11,14-15,34,36H,12-13,16-18H2,1-3H3/t30-/m1/s1/i17D2,18D2. The molecule has 2 N–H and O–H groups in total. The van der Waals surface area contributed by atoms with Crippen LogP contribution in [0.3, 0.4) is 0 Å². The van der Waals surface area contributed by atoms with Crippen molar-refractivity contribution in [3.05, 3.63) is 98.5 Å². The van der Waals surface area contributed by atoms with Crippen molar-refractivity contribution in [2.45, 2.75) is 55.6 Å². The lowest BCUT2D eigenvalue weighted by atomic mass is 9.74. The second kappa shape index (κ2) is 9.60. The van der Waals surface area contributed by atoms with Gasteiger partial charge in [-0.15, -0.1) is 0 Å². The lowest BCUT2D eigenvalue weighted by Crippen LogP contribution is -2.46. The zero-order valence-electron chi connectivity index (χ0n) is 25.6. The van der Waals surface area contributed by atoms with Gasteiger partial charge in [-0.1, -0.05) is 53.5 Å². The molecule has 1 atom stereocenters. The Hall–Kier alpha value is -2.42. The zero-order valence-corrected chi connectivity index (χ0v) is 24.0. The smallest absolute Gasteiger partial charge is 0.255 e. The summed E-state index contributed by atoms with van der Waals surface area (Å²) in [6.45, 7) is -0.289. The largest absolute Gasteiger partial charge is 0.396 e. The Morgan fingerprint density at radius 1 is 1.03 bits per heavy atom. The van der Waals surface area contributed by atoms with Crippen molar-refractivity contribution in [3.8, 4) is 0 Å². The molecule has 1 aliphatic heterocycles. The van der Waals surface area contributed by atoms with Crippen LogP contribution in [0, 0.1) is 5.41 Å². The molecule has 1 aliphatic carbocycles. The predicted octanol–water partition coefficient (Wildman–Crippen LogP) is 5.69. The summed E-state index contributed by atoms with van der Waals surface area (Å²) in [5, 5.41) is 22.0. The van der Waals surface area contributed by atoms with Crippen LogP contribution in [0.2, 0.25) is 10.0 Å². The fourth-order valence-electron chi connectivity index (χ4n) is 5.17. The number of halogens is 2. The first-order chi connectivity index (χ1) is 19.7. The Balaban J connectivity index is 1.90. The highest BCUT2D eigenvalue weighted by Gasteiger charge is 2.57. The number of sulfone groups is 1. The lowest BCUT2D eigenvalue weighted by molar-refractivity contribution is 0.0484. The van der Waals surface area contributed by atoms with Crippen LogP contribution in [0.4, 0.5) is 0 Å². The SMILES string of the molecule is [2H]C([2H])(O)C1(C([2H])([2H])[C@@]2(c3ccc(Cl)cc3)c3ccc(C(C)(C)O)cc3C(=O)N2Cc2ccc(Cl)cc2S(C)(=O)=O)CC1. The van der Waals surface area contributed by atoms with E-state index in [1.54, 1.807) is 32.0 Å². The van der Waals surface area contributed by atoms with E-state index in [2.05, 4.69) is 0 Å². The number of nitrogens with zero attached hydrogens (tertiary/aromatic N) is 1. The van der Waals surface area contributed by atoms with Crippen molar-refractivity contribution in [2.24, 2.45) is 5.41 Å². The molecule has 1 amide bonds. The molecule has 2 aliphatic rings. The monoisotopic (exact) mass is 591 g/mol. The van der Waals surface area contributed by atoms with Gasteiger partial charge in [0.25, 0.3) is 5.91 Å². The van der Waals surface area contributed by atoms with Crippen molar-refractivity contribution in [1.82, 2.24) is 4.90 Å². The number of hydrogen-bond acceptors (Lipinski definition) is 5. The van der Waals surface area contributed by atoms with E-state index < -0.39 is 51.8 Å². The molecule has 1 saturated carbocycles. The Labute approximate surface area is 244 Å². The van der Waals surface area contributed by atoms with Gasteiger partial charge in [-0.2, -0.15) is 0 Å². The summed E-state index contributed by atoms with van der Waals surface area (Å²) in [7, 11) is -3.86. The van der Waals surface area contributed by atoms with Crippen LogP contribution in [0.5, 0.6) is 0 Å². The van der Waals surface area contributed by atoms with Crippen LogP contribution >= 0.6 is 23.2 Å². The molecule has 206 valence electrons. The zero-order chi connectivity index (χ0) is 32.0. The summed E-state index contributed by atoms with van der Waals surface area (Å²) in [5.41, 5.74) is -4.31. The quantitative estimate of drug-likeness (QED) is 0.351. The molecule has 0 spiro atoms. The third-order valence-electron chi connectivity index (χ3n) is 7.40. The minimum Gasteiger partial charge on any atom is -0.396 e. The predicted molar refractivity (Wildman–Crippen MR) is 152 cm³/mol. The number of carbonyl (C=O) groups excluding carboxylic acids is 1. The van der Waals surface area contributed by atoms with Gasteiger partial charge < -0.3 is 15.1 Å². The number of aliphatic hydroxyl groups is 2. The molecule has 3 aromatic rings. The summed E-state index contributed by atoms with van der Waals surface area (Å²) in [5.74, 6) is -0.663. The van der Waals surface area contributed by atoms with Gasteiger partial charge in [0.1, 0.15) is 0 Å². The van der Waals surface area contributed by atoms with E-state index in [-0.39, 0.29) is 45.0 Å². The van der Waals surface area contributed by atoms with Crippen molar-refractivity contribution in [2.75, 3.05) is 12.8 Å². The van der Waals surface area contributed by atoms with E-state index in [9.17, 15) is 26.2 Å². The lowest BCUT2D eigenvalue weighted by Gasteiger charge is -2.42. The maximum absolute atomic E-state index is 14.5. The van der Waals surface area contributed by atoms with Crippen LogP contribution in [-0.2, 0) is 27.5 Å². The molecule has 0 aromatic heterocycles. The number of hydrogen-bond donors (Lipinski definition) is 2. The van der Waals surface area contributed by atoms with Crippen molar-refractivity contribution < 1.29 is 28.9 Å². The van der Waals surface area contributed by atoms with Gasteiger partial charge in [0.05, 0.1) is 18.8 Å². The highest BCUT2D eigenvalue weighted by atomic mass is 35.5. The summed E-state index contributed by atoms with van der Waals surface area (Å²) in [4.78, 5) is 15.6. The maximum Gasteiger partial charge on any atom is 0.255 e. The van der Waals surface area contributed by atoms with Crippen molar-refractivity contribution >= 4 is 38.9 Å². The molecule has 3 aromatic carbocycles. The highest BCUT2D eigenvalue weighted by Crippen LogP contribution is 2.59. The molecule has 39 heavy (non-hydrogen) atoms. The van der Waals surface area contributed by atoms with Gasteiger partial charge in [-0.05, 0) is 91.1 Å². The van der Waals surface area contributed by atoms with Crippen LogP contribution in [0.25, 0.3) is 0 Å². The van der Waals surface area contributed by atoms with E-state index in [4.69, 9.17) is 25.9 Å². The number of carbonyl (C=O) groups is 1. The summed E-state index contributed by atoms with van der Waals surface area (Å²) in [6.07, 6.45) is -1.68. The maximum atomic E-state index is 14.5. The number of rotatable bonds is 8. The first-order valence-corrected chi connectivity index (χ1v) is 15.0. The molecule has 0 bridgehead atoms. The van der Waals surface area contributed by atoms with Gasteiger partial charge in [0.2, 0.25) is 0 Å². The third-order valence-corrected chi connectivity index (χ3v) is 9.07. The molecule has 0 unspecified atom stereocenters. The Morgan fingerprint density at radius 2 is 1.67 bits per heavy atom. The number of amides is 1. The van der Waals surface area contributed by atoms with E-state index in [0.29, 0.717) is 10.6 Å². The molecule has 6 nitrogen and oxygen atoms in total. The van der Waals surface area contributed by atoms with Crippen molar-refractivity contribution in [3.63, 3.8) is 0 Å². The summed E-state index contributed by atoms with van der Waals surface area (Å²) >= 11 is 12.4. The highest BCUT2D eigenvalue weighted by molar-refractivity contribution is 7.90. The second-order valence-electron chi connectivity index (χ2n) is 10.8. The number of fused-ring (bicyclic) bond motifs is 1. The molecule has 0 saturated heterocycles. The van der Waals surface area contributed by atoms with Crippen LogP contribution < -0.4 is 0 Å². The minimum absolute atomic E-state index is 0.00646. The molecular formula is C30H31Cl2NO5S. The molecule has 0 radical (unpaired) electrons.